The maximum Gasteiger partial charge on any atom is 0.338 e. The van der Waals surface area contributed by atoms with Crippen LogP contribution in [0.5, 0.6) is 0 Å². The summed E-state index contributed by atoms with van der Waals surface area (Å²) in [7, 11) is 0. The van der Waals surface area contributed by atoms with Crippen molar-refractivity contribution in [1.29, 1.82) is 0 Å². The van der Waals surface area contributed by atoms with Crippen molar-refractivity contribution >= 4 is 23.5 Å². The summed E-state index contributed by atoms with van der Waals surface area (Å²) >= 11 is 0. The maximum atomic E-state index is 12.2. The number of rotatable bonds is 6. The van der Waals surface area contributed by atoms with Crippen LogP contribution in [0.1, 0.15) is 59.8 Å². The van der Waals surface area contributed by atoms with Crippen molar-refractivity contribution < 1.29 is 19.1 Å². The molecule has 0 heterocycles. The molecule has 0 bridgehead atoms. The quantitative estimate of drug-likeness (QED) is 0.734. The highest BCUT2D eigenvalue weighted by Gasteiger charge is 2.16. The first-order chi connectivity index (χ1) is 13.9. The van der Waals surface area contributed by atoms with E-state index in [1.807, 2.05) is 6.92 Å². The Morgan fingerprint density at radius 2 is 1.69 bits per heavy atom. The minimum Gasteiger partial charge on any atom is -0.452 e. The van der Waals surface area contributed by atoms with Crippen molar-refractivity contribution in [2.75, 3.05) is 11.9 Å². The topological polar surface area (TPSA) is 84.5 Å². The summed E-state index contributed by atoms with van der Waals surface area (Å²) in [5, 5.41) is 5.50. The third kappa shape index (κ3) is 5.67. The van der Waals surface area contributed by atoms with Crippen molar-refractivity contribution in [3.63, 3.8) is 0 Å². The van der Waals surface area contributed by atoms with Crippen molar-refractivity contribution in [3.8, 4) is 0 Å². The zero-order chi connectivity index (χ0) is 20.8. The number of fused-ring (bicyclic) bond motifs is 1. The first kappa shape index (κ1) is 20.6. The van der Waals surface area contributed by atoms with E-state index in [1.54, 1.807) is 24.3 Å². The molecule has 1 atom stereocenters. The van der Waals surface area contributed by atoms with E-state index < -0.39 is 5.97 Å². The van der Waals surface area contributed by atoms with Gasteiger partial charge in [-0.1, -0.05) is 18.2 Å². The molecule has 0 spiro atoms. The van der Waals surface area contributed by atoms with Crippen LogP contribution < -0.4 is 10.6 Å². The molecule has 0 radical (unpaired) electrons. The number of nitrogens with one attached hydrogen (secondary N) is 2. The lowest BCUT2D eigenvalue weighted by atomic mass is 9.89. The Balaban J connectivity index is 1.50. The van der Waals surface area contributed by atoms with Crippen LogP contribution in [0.4, 0.5) is 5.69 Å². The first-order valence-electron chi connectivity index (χ1n) is 9.88. The van der Waals surface area contributed by atoms with Crippen LogP contribution in [0.15, 0.2) is 42.5 Å². The highest BCUT2D eigenvalue weighted by Crippen LogP contribution is 2.24. The molecule has 0 fully saturated rings. The van der Waals surface area contributed by atoms with Crippen LogP contribution in [0.3, 0.4) is 0 Å². The third-order valence-electron chi connectivity index (χ3n) is 5.03. The molecule has 0 unspecified atom stereocenters. The predicted octanol–water partition coefficient (Wildman–Crippen LogP) is 3.56. The van der Waals surface area contributed by atoms with Gasteiger partial charge in [0.2, 0.25) is 5.91 Å². The summed E-state index contributed by atoms with van der Waals surface area (Å²) in [6.07, 6.45) is 4.65. The van der Waals surface area contributed by atoms with Crippen molar-refractivity contribution in [1.82, 2.24) is 5.32 Å². The molecule has 0 saturated heterocycles. The number of esters is 1. The van der Waals surface area contributed by atoms with Gasteiger partial charge in [0.1, 0.15) is 0 Å². The lowest BCUT2D eigenvalue weighted by Gasteiger charge is -2.20. The third-order valence-corrected chi connectivity index (χ3v) is 5.03. The monoisotopic (exact) mass is 394 g/mol. The van der Waals surface area contributed by atoms with E-state index in [4.69, 9.17) is 4.74 Å². The number of hydrogen-bond donors (Lipinski definition) is 2. The lowest BCUT2D eigenvalue weighted by molar-refractivity contribution is -0.124. The Kier molecular flexibility index (Phi) is 6.65. The van der Waals surface area contributed by atoms with Gasteiger partial charge in [0.05, 0.1) is 11.6 Å². The highest BCUT2D eigenvalue weighted by molar-refractivity contribution is 5.93. The van der Waals surface area contributed by atoms with E-state index in [-0.39, 0.29) is 24.5 Å². The fourth-order valence-corrected chi connectivity index (χ4v) is 3.50. The second-order valence-corrected chi connectivity index (χ2v) is 7.36. The molecule has 2 aromatic carbocycles. The van der Waals surface area contributed by atoms with E-state index in [0.29, 0.717) is 11.3 Å². The molecule has 0 aromatic heterocycles. The van der Waals surface area contributed by atoms with Gasteiger partial charge in [-0.3, -0.25) is 9.59 Å². The SMILES string of the molecule is CC(=O)Nc1ccc(C(=O)OCC(=O)N[C@H](C)c2ccc3c(c2)CCCC3)cc1. The number of aryl methyl sites for hydroxylation is 2. The van der Waals surface area contributed by atoms with Gasteiger partial charge in [-0.15, -0.1) is 0 Å². The van der Waals surface area contributed by atoms with Crippen molar-refractivity contribution in [2.24, 2.45) is 0 Å². The predicted molar refractivity (Wildman–Crippen MR) is 111 cm³/mol. The zero-order valence-electron chi connectivity index (χ0n) is 16.8. The number of carbonyl (C=O) groups is 3. The van der Waals surface area contributed by atoms with Gasteiger partial charge in [0, 0.05) is 12.6 Å². The fraction of sp³-hybridized carbons (Fsp3) is 0.348. The van der Waals surface area contributed by atoms with Crippen molar-refractivity contribution in [3.05, 3.63) is 64.7 Å². The largest absolute Gasteiger partial charge is 0.452 e. The van der Waals surface area contributed by atoms with Crippen molar-refractivity contribution in [2.45, 2.75) is 45.6 Å². The molecule has 1 aliphatic carbocycles. The molecule has 152 valence electrons. The summed E-state index contributed by atoms with van der Waals surface area (Å²) in [5.41, 5.74) is 4.72. The Hall–Kier alpha value is -3.15. The Labute approximate surface area is 170 Å². The van der Waals surface area contributed by atoms with Gasteiger partial charge < -0.3 is 15.4 Å². The number of anilines is 1. The van der Waals surface area contributed by atoms with Gasteiger partial charge in [0.25, 0.3) is 5.91 Å². The molecule has 2 N–H and O–H groups in total. The maximum absolute atomic E-state index is 12.2. The van der Waals surface area contributed by atoms with Gasteiger partial charge in [-0.2, -0.15) is 0 Å². The molecule has 1 aliphatic rings. The highest BCUT2D eigenvalue weighted by atomic mass is 16.5. The molecular weight excluding hydrogens is 368 g/mol. The summed E-state index contributed by atoms with van der Waals surface area (Å²) in [6.45, 7) is 2.98. The molecule has 3 rings (SSSR count). The summed E-state index contributed by atoms with van der Waals surface area (Å²) in [6, 6.07) is 12.5. The zero-order valence-corrected chi connectivity index (χ0v) is 16.8. The van der Waals surface area contributed by atoms with Gasteiger partial charge in [0.15, 0.2) is 6.61 Å². The van der Waals surface area contributed by atoms with Crippen LogP contribution >= 0.6 is 0 Å². The number of benzene rings is 2. The van der Waals surface area contributed by atoms with E-state index in [9.17, 15) is 14.4 Å². The number of ether oxygens (including phenoxy) is 1. The Bertz CT molecular complexity index is 906. The van der Waals surface area contributed by atoms with Crippen LogP contribution in [-0.2, 0) is 27.2 Å². The average Bonchev–Trinajstić information content (AvgIpc) is 2.71. The number of hydrogen-bond acceptors (Lipinski definition) is 4. The minimum absolute atomic E-state index is 0.162. The first-order valence-corrected chi connectivity index (χ1v) is 9.88. The van der Waals surface area contributed by atoms with E-state index in [0.717, 1.165) is 18.4 Å². The molecule has 29 heavy (non-hydrogen) atoms. The molecule has 6 nitrogen and oxygen atoms in total. The fourth-order valence-electron chi connectivity index (χ4n) is 3.50. The minimum atomic E-state index is -0.587. The van der Waals surface area contributed by atoms with Crippen LogP contribution in [0.25, 0.3) is 0 Å². The van der Waals surface area contributed by atoms with Crippen LogP contribution in [0.2, 0.25) is 0 Å². The van der Waals surface area contributed by atoms with Gasteiger partial charge in [-0.05, 0) is 73.6 Å². The second kappa shape index (κ2) is 9.37. The summed E-state index contributed by atoms with van der Waals surface area (Å²) in [4.78, 5) is 35.3. The molecule has 6 heteroatoms. The second-order valence-electron chi connectivity index (χ2n) is 7.36. The molecule has 0 aliphatic heterocycles. The van der Waals surface area contributed by atoms with E-state index in [2.05, 4.69) is 28.8 Å². The van der Waals surface area contributed by atoms with E-state index in [1.165, 1.54) is 30.9 Å². The Morgan fingerprint density at radius 1 is 1.00 bits per heavy atom. The molecular formula is C23H26N2O4. The molecule has 2 amide bonds. The molecule has 0 saturated carbocycles. The lowest BCUT2D eigenvalue weighted by Crippen LogP contribution is -2.31. The van der Waals surface area contributed by atoms with E-state index >= 15 is 0 Å². The normalized spacial score (nSPS) is 13.7. The van der Waals surface area contributed by atoms with Crippen LogP contribution in [-0.4, -0.2) is 24.4 Å². The summed E-state index contributed by atoms with van der Waals surface area (Å²) in [5.74, 6) is -1.13. The average molecular weight is 394 g/mol. The molecule has 2 aromatic rings. The number of carbonyl (C=O) groups excluding carboxylic acids is 3. The Morgan fingerprint density at radius 3 is 2.38 bits per heavy atom. The standard InChI is InChI=1S/C23H26N2O4/c1-15(19-8-7-17-5-3-4-6-20(17)13-19)24-22(27)14-29-23(28)18-9-11-21(12-10-18)25-16(2)26/h7-13,15H,3-6,14H2,1-2H3,(H,24,27)(H,25,26)/t15-/m1/s1. The number of amides is 2. The van der Waals surface area contributed by atoms with Gasteiger partial charge in [-0.25, -0.2) is 4.79 Å². The summed E-state index contributed by atoms with van der Waals surface area (Å²) < 4.78 is 5.10. The smallest absolute Gasteiger partial charge is 0.338 e. The van der Waals surface area contributed by atoms with Crippen LogP contribution in [0, 0.1) is 0 Å². The van der Waals surface area contributed by atoms with Gasteiger partial charge >= 0.3 is 5.97 Å².